The van der Waals surface area contributed by atoms with Crippen LogP contribution in [0.15, 0.2) is 66.9 Å². The number of Topliss-reactive ketones (excluding diaryl/α,β-unsaturated/α-hetero) is 1. The number of hydrogen-bond acceptors (Lipinski definition) is 4. The molecule has 0 atom stereocenters. The van der Waals surface area contributed by atoms with Gasteiger partial charge >= 0.3 is 0 Å². The number of ketones is 1. The van der Waals surface area contributed by atoms with Crippen LogP contribution in [-0.4, -0.2) is 30.3 Å². The fourth-order valence-corrected chi connectivity index (χ4v) is 3.96. The number of ether oxygens (including phenoxy) is 2. The lowest BCUT2D eigenvalue weighted by Gasteiger charge is -2.10. The molecule has 4 aromatic rings. The number of carbonyl (C=O) groups is 2. The van der Waals surface area contributed by atoms with Gasteiger partial charge in [-0.15, -0.1) is 0 Å². The molecule has 0 spiro atoms. The van der Waals surface area contributed by atoms with Crippen LogP contribution in [0.5, 0.6) is 11.5 Å². The monoisotopic (exact) mass is 468 g/mol. The summed E-state index contributed by atoms with van der Waals surface area (Å²) in [5.74, 6) is -0.519. The van der Waals surface area contributed by atoms with E-state index in [2.05, 4.69) is 5.32 Å². The number of nitrogens with zero attached hydrogens (tertiary/aromatic N) is 1. The summed E-state index contributed by atoms with van der Waals surface area (Å²) < 4.78 is 12.0. The van der Waals surface area contributed by atoms with E-state index in [1.807, 2.05) is 18.2 Å². The van der Waals surface area contributed by atoms with E-state index in [-0.39, 0.29) is 5.69 Å². The highest BCUT2D eigenvalue weighted by atomic mass is 35.5. The Hall–Kier alpha value is -3.48. The van der Waals surface area contributed by atoms with Gasteiger partial charge in [0.05, 0.1) is 24.3 Å². The first kappa shape index (κ1) is 21.7. The van der Waals surface area contributed by atoms with E-state index in [1.165, 1.54) is 20.3 Å². The van der Waals surface area contributed by atoms with E-state index in [4.69, 9.17) is 32.7 Å². The maximum atomic E-state index is 13.3. The smallest absolute Gasteiger partial charge is 0.298 e. The van der Waals surface area contributed by atoms with Crippen molar-refractivity contribution in [2.75, 3.05) is 19.5 Å². The Morgan fingerprint density at radius 1 is 0.875 bits per heavy atom. The highest BCUT2D eigenvalue weighted by molar-refractivity contribution is 6.47. The summed E-state index contributed by atoms with van der Waals surface area (Å²) in [4.78, 5) is 26.2. The number of nitrogens with one attached hydrogen (secondary N) is 1. The lowest BCUT2D eigenvalue weighted by Crippen LogP contribution is -2.24. The van der Waals surface area contributed by atoms with Crippen molar-refractivity contribution in [1.82, 2.24) is 4.40 Å². The first-order chi connectivity index (χ1) is 15.4. The Balaban J connectivity index is 1.75. The molecule has 0 aliphatic carbocycles. The molecule has 4 rings (SSSR count). The number of hydrogen-bond donors (Lipinski definition) is 1. The SMILES string of the molecule is COc1ccc(NC(=O)C(=O)c2c(-c3ccc(OC)c(Cl)c3)cc3ccccn23)cc1Cl. The number of rotatable bonds is 6. The third-order valence-electron chi connectivity index (χ3n) is 4.97. The molecule has 2 aromatic heterocycles. The van der Waals surface area contributed by atoms with Gasteiger partial charge in [-0.05, 0) is 54.1 Å². The second-order valence-electron chi connectivity index (χ2n) is 6.88. The van der Waals surface area contributed by atoms with Gasteiger partial charge in [0.25, 0.3) is 11.7 Å². The van der Waals surface area contributed by atoms with Gasteiger partial charge in [-0.1, -0.05) is 35.3 Å². The van der Waals surface area contributed by atoms with Gasteiger partial charge in [0.2, 0.25) is 0 Å². The molecule has 0 aliphatic rings. The Morgan fingerprint density at radius 3 is 2.22 bits per heavy atom. The Kier molecular flexibility index (Phi) is 6.08. The van der Waals surface area contributed by atoms with E-state index in [9.17, 15) is 9.59 Å². The molecule has 32 heavy (non-hydrogen) atoms. The van der Waals surface area contributed by atoms with Gasteiger partial charge in [0.1, 0.15) is 17.2 Å². The van der Waals surface area contributed by atoms with Crippen molar-refractivity contribution in [3.8, 4) is 22.6 Å². The highest BCUT2D eigenvalue weighted by Crippen LogP contribution is 2.34. The molecule has 0 fully saturated rings. The molecule has 0 unspecified atom stereocenters. The average molecular weight is 469 g/mol. The summed E-state index contributed by atoms with van der Waals surface area (Å²) in [7, 11) is 3.02. The molecule has 162 valence electrons. The molecule has 2 heterocycles. The Labute approximate surface area is 194 Å². The van der Waals surface area contributed by atoms with Gasteiger partial charge in [-0.25, -0.2) is 0 Å². The first-order valence-corrected chi connectivity index (χ1v) is 10.3. The van der Waals surface area contributed by atoms with Crippen LogP contribution in [0.1, 0.15) is 10.5 Å². The van der Waals surface area contributed by atoms with Crippen molar-refractivity contribution in [2.45, 2.75) is 0 Å². The molecule has 1 N–H and O–H groups in total. The molecule has 0 radical (unpaired) electrons. The number of anilines is 1. The molecule has 6 nitrogen and oxygen atoms in total. The van der Waals surface area contributed by atoms with Crippen LogP contribution < -0.4 is 14.8 Å². The molecule has 0 bridgehead atoms. The van der Waals surface area contributed by atoms with E-state index in [1.54, 1.807) is 47.0 Å². The van der Waals surface area contributed by atoms with Crippen LogP contribution in [-0.2, 0) is 4.79 Å². The predicted molar refractivity (Wildman–Crippen MR) is 125 cm³/mol. The van der Waals surface area contributed by atoms with Gasteiger partial charge in [0, 0.05) is 23.0 Å². The van der Waals surface area contributed by atoms with Gasteiger partial charge in [-0.3, -0.25) is 9.59 Å². The minimum Gasteiger partial charge on any atom is -0.495 e. The molecule has 1 amide bonds. The topological polar surface area (TPSA) is 69.0 Å². The summed E-state index contributed by atoms with van der Waals surface area (Å²) in [6.45, 7) is 0. The van der Waals surface area contributed by atoms with E-state index >= 15 is 0 Å². The number of pyridine rings is 1. The van der Waals surface area contributed by atoms with Crippen molar-refractivity contribution >= 4 is 46.1 Å². The average Bonchev–Trinajstić information content (AvgIpc) is 3.18. The number of halogens is 2. The van der Waals surface area contributed by atoms with Gasteiger partial charge < -0.3 is 19.2 Å². The van der Waals surface area contributed by atoms with Crippen LogP contribution in [0.3, 0.4) is 0 Å². The lowest BCUT2D eigenvalue weighted by molar-refractivity contribution is -0.112. The van der Waals surface area contributed by atoms with E-state index < -0.39 is 11.7 Å². The molecular weight excluding hydrogens is 451 g/mol. The van der Waals surface area contributed by atoms with E-state index in [0.29, 0.717) is 38.4 Å². The number of amides is 1. The zero-order valence-electron chi connectivity index (χ0n) is 17.2. The van der Waals surface area contributed by atoms with E-state index in [0.717, 1.165) is 5.52 Å². The van der Waals surface area contributed by atoms with Crippen molar-refractivity contribution in [1.29, 1.82) is 0 Å². The Morgan fingerprint density at radius 2 is 1.56 bits per heavy atom. The summed E-state index contributed by atoms with van der Waals surface area (Å²) >= 11 is 12.4. The molecule has 8 heteroatoms. The Bertz CT molecular complexity index is 1350. The van der Waals surface area contributed by atoms with Crippen molar-refractivity contribution in [3.63, 3.8) is 0 Å². The van der Waals surface area contributed by atoms with Gasteiger partial charge in [0.15, 0.2) is 0 Å². The maximum absolute atomic E-state index is 13.3. The summed E-state index contributed by atoms with van der Waals surface area (Å²) in [5, 5.41) is 3.33. The lowest BCUT2D eigenvalue weighted by atomic mass is 10.0. The third-order valence-corrected chi connectivity index (χ3v) is 5.56. The molecule has 2 aromatic carbocycles. The van der Waals surface area contributed by atoms with Crippen LogP contribution >= 0.6 is 23.2 Å². The van der Waals surface area contributed by atoms with Crippen molar-refractivity contribution < 1.29 is 19.1 Å². The maximum Gasteiger partial charge on any atom is 0.298 e. The fourth-order valence-electron chi connectivity index (χ4n) is 3.45. The normalized spacial score (nSPS) is 10.8. The fraction of sp³-hybridized carbons (Fsp3) is 0.0833. The second-order valence-corrected chi connectivity index (χ2v) is 7.70. The highest BCUT2D eigenvalue weighted by Gasteiger charge is 2.25. The zero-order chi connectivity index (χ0) is 22.8. The largest absolute Gasteiger partial charge is 0.495 e. The van der Waals surface area contributed by atoms with Gasteiger partial charge in [-0.2, -0.15) is 0 Å². The molecule has 0 saturated carbocycles. The third kappa shape index (κ3) is 4.02. The molecule has 0 saturated heterocycles. The van der Waals surface area contributed by atoms with Crippen LogP contribution in [0.4, 0.5) is 5.69 Å². The van der Waals surface area contributed by atoms with Crippen molar-refractivity contribution in [2.24, 2.45) is 0 Å². The number of fused-ring (bicyclic) bond motifs is 1. The standard InChI is InChI=1S/C24H18Cl2N2O4/c1-31-20-8-6-14(11-18(20)25)17-13-16-5-3-4-10-28(16)22(17)23(29)24(30)27-15-7-9-21(32-2)19(26)12-15/h3-13H,1-2H3,(H,27,30). The zero-order valence-corrected chi connectivity index (χ0v) is 18.7. The minimum atomic E-state index is -0.795. The molecule has 0 aliphatic heterocycles. The summed E-state index contributed by atoms with van der Waals surface area (Å²) in [5.41, 5.74) is 2.62. The quantitative estimate of drug-likeness (QED) is 0.288. The number of methoxy groups -OCH3 is 2. The van der Waals surface area contributed by atoms with Crippen LogP contribution in [0.25, 0.3) is 16.6 Å². The number of carbonyl (C=O) groups excluding carboxylic acids is 2. The second kappa shape index (κ2) is 8.94. The summed E-state index contributed by atoms with van der Waals surface area (Å²) in [6.07, 6.45) is 1.73. The van der Waals surface area contributed by atoms with Crippen LogP contribution in [0, 0.1) is 0 Å². The minimum absolute atomic E-state index is 0.221. The van der Waals surface area contributed by atoms with Crippen molar-refractivity contribution in [3.05, 3.63) is 82.6 Å². The predicted octanol–water partition coefficient (Wildman–Crippen LogP) is 5.75. The molecular formula is C24H18Cl2N2O4. The number of aromatic nitrogens is 1. The first-order valence-electron chi connectivity index (χ1n) is 9.56. The summed E-state index contributed by atoms with van der Waals surface area (Å²) in [6, 6.07) is 17.3. The number of benzene rings is 2. The van der Waals surface area contributed by atoms with Crippen LogP contribution in [0.2, 0.25) is 10.0 Å².